The Kier molecular flexibility index (Phi) is 7.50. The Bertz CT molecular complexity index is 1360. The second kappa shape index (κ2) is 10.3. The number of rotatable bonds is 7. The van der Waals surface area contributed by atoms with Crippen LogP contribution in [0.1, 0.15) is 52.5 Å². The normalized spacial score (nSPS) is 39.4. The maximum absolute atomic E-state index is 13.8. The zero-order valence-corrected chi connectivity index (χ0v) is 24.8. The molecule has 0 aliphatic heterocycles. The van der Waals surface area contributed by atoms with E-state index < -0.39 is 39.8 Å². The standard InChI is InChI=1S/C31H38ClNO8/c1-16-8-20-22-9-17(2)31(37,27(36)15-41-14-18-10-26(40-5)23(32)12-24(18)33(38)39)30(22,4)13-25(35)28(20)29(3)7-6-19(34)11-21(16)29/h6-7,10-12,16-17,20,22,25,28,35,37H,8-9,13-15H2,1-5H3/t16?,17?,20-,22-,25?,28+,29-,30-,31-/m0/s1. The Hall–Kier alpha value is -2.59. The number of ether oxygens (including phenoxy) is 2. The summed E-state index contributed by atoms with van der Waals surface area (Å²) in [5.74, 6) is -0.641. The first-order chi connectivity index (χ1) is 19.2. The molecule has 3 unspecified atom stereocenters. The lowest BCUT2D eigenvalue weighted by atomic mass is 9.44. The summed E-state index contributed by atoms with van der Waals surface area (Å²) in [6.45, 7) is 7.29. The van der Waals surface area contributed by atoms with Crippen LogP contribution in [0.25, 0.3) is 0 Å². The molecule has 0 aromatic heterocycles. The van der Waals surface area contributed by atoms with Crippen LogP contribution < -0.4 is 4.74 Å². The second-order valence-corrected chi connectivity index (χ2v) is 13.3. The molecule has 1 aromatic carbocycles. The number of carbonyl (C=O) groups excluding carboxylic acids is 2. The largest absolute Gasteiger partial charge is 0.495 e. The zero-order valence-electron chi connectivity index (χ0n) is 24.1. The number of halogens is 1. The number of fused-ring (bicyclic) bond motifs is 5. The molecule has 9 nitrogen and oxygen atoms in total. The minimum Gasteiger partial charge on any atom is -0.495 e. The van der Waals surface area contributed by atoms with Crippen LogP contribution in [0.4, 0.5) is 5.69 Å². The Morgan fingerprint density at radius 2 is 1.95 bits per heavy atom. The minimum atomic E-state index is -1.74. The van der Waals surface area contributed by atoms with Gasteiger partial charge in [-0.25, -0.2) is 0 Å². The van der Waals surface area contributed by atoms with Gasteiger partial charge >= 0.3 is 0 Å². The lowest BCUT2D eigenvalue weighted by molar-refractivity contribution is -0.385. The topological polar surface area (TPSA) is 136 Å². The molecule has 0 saturated heterocycles. The highest BCUT2D eigenvalue weighted by molar-refractivity contribution is 6.32. The van der Waals surface area contributed by atoms with E-state index in [0.717, 1.165) is 12.0 Å². The summed E-state index contributed by atoms with van der Waals surface area (Å²) >= 11 is 6.05. The summed E-state index contributed by atoms with van der Waals surface area (Å²) in [4.78, 5) is 37.0. The number of hydrogen-bond acceptors (Lipinski definition) is 8. The number of nitro benzene ring substituents is 1. The van der Waals surface area contributed by atoms with Gasteiger partial charge < -0.3 is 19.7 Å². The van der Waals surface area contributed by atoms with Crippen LogP contribution in [-0.2, 0) is 20.9 Å². The van der Waals surface area contributed by atoms with Crippen LogP contribution in [0.5, 0.6) is 5.75 Å². The molecule has 222 valence electrons. The highest BCUT2D eigenvalue weighted by Crippen LogP contribution is 2.69. The van der Waals surface area contributed by atoms with Gasteiger partial charge in [0.25, 0.3) is 5.69 Å². The third-order valence-electron chi connectivity index (χ3n) is 10.9. The van der Waals surface area contributed by atoms with E-state index in [2.05, 4.69) is 13.8 Å². The first kappa shape index (κ1) is 29.9. The van der Waals surface area contributed by atoms with Crippen LogP contribution in [0.3, 0.4) is 0 Å². The van der Waals surface area contributed by atoms with Gasteiger partial charge in [0, 0.05) is 22.8 Å². The molecule has 9 atom stereocenters. The number of ketones is 2. The second-order valence-electron chi connectivity index (χ2n) is 12.9. The monoisotopic (exact) mass is 587 g/mol. The fraction of sp³-hybridized carbons (Fsp3) is 0.613. The maximum Gasteiger partial charge on any atom is 0.276 e. The van der Waals surface area contributed by atoms with Gasteiger partial charge in [-0.3, -0.25) is 19.7 Å². The lowest BCUT2D eigenvalue weighted by Crippen LogP contribution is -2.63. The molecule has 0 spiro atoms. The molecule has 0 heterocycles. The van der Waals surface area contributed by atoms with E-state index in [-0.39, 0.29) is 70.4 Å². The van der Waals surface area contributed by atoms with E-state index in [4.69, 9.17) is 21.1 Å². The molecule has 1 aromatic rings. The van der Waals surface area contributed by atoms with Crippen LogP contribution in [0, 0.1) is 50.5 Å². The Labute approximate surface area is 244 Å². The summed E-state index contributed by atoms with van der Waals surface area (Å²) in [5.41, 5.74) is -2.12. The number of nitro groups is 1. The average Bonchev–Trinajstić information content (AvgIpc) is 3.11. The number of carbonyl (C=O) groups is 2. The Morgan fingerprint density at radius 1 is 1.24 bits per heavy atom. The van der Waals surface area contributed by atoms with Crippen molar-refractivity contribution in [1.82, 2.24) is 0 Å². The fourth-order valence-electron chi connectivity index (χ4n) is 9.07. The zero-order chi connectivity index (χ0) is 30.1. The lowest BCUT2D eigenvalue weighted by Gasteiger charge is -2.60. The molecule has 41 heavy (non-hydrogen) atoms. The van der Waals surface area contributed by atoms with Gasteiger partial charge in [-0.15, -0.1) is 0 Å². The molecular formula is C31H38ClNO8. The van der Waals surface area contributed by atoms with Gasteiger partial charge in [-0.05, 0) is 61.2 Å². The average molecular weight is 588 g/mol. The number of nitrogens with zero attached hydrogens (tertiary/aromatic N) is 1. The van der Waals surface area contributed by atoms with E-state index >= 15 is 0 Å². The number of aliphatic hydroxyl groups excluding tert-OH is 1. The van der Waals surface area contributed by atoms with Gasteiger partial charge in [-0.1, -0.05) is 50.9 Å². The number of allylic oxidation sites excluding steroid dienone is 4. The molecule has 0 amide bonds. The Morgan fingerprint density at radius 3 is 2.61 bits per heavy atom. The highest BCUT2D eigenvalue weighted by Gasteiger charge is 2.70. The van der Waals surface area contributed by atoms with E-state index in [0.29, 0.717) is 6.42 Å². The van der Waals surface area contributed by atoms with Crippen molar-refractivity contribution >= 4 is 28.9 Å². The highest BCUT2D eigenvalue weighted by atomic mass is 35.5. The van der Waals surface area contributed by atoms with Crippen molar-refractivity contribution in [1.29, 1.82) is 0 Å². The molecular weight excluding hydrogens is 550 g/mol. The van der Waals surface area contributed by atoms with E-state index in [1.807, 2.05) is 19.9 Å². The molecule has 0 bridgehead atoms. The van der Waals surface area contributed by atoms with E-state index in [9.17, 15) is 29.9 Å². The smallest absolute Gasteiger partial charge is 0.276 e. The molecule has 5 rings (SSSR count). The predicted octanol–water partition coefficient (Wildman–Crippen LogP) is 4.84. The number of aliphatic hydroxyl groups is 2. The van der Waals surface area contributed by atoms with Crippen molar-refractivity contribution in [2.24, 2.45) is 40.4 Å². The van der Waals surface area contributed by atoms with Gasteiger partial charge in [0.15, 0.2) is 11.6 Å². The molecule has 3 saturated carbocycles. The predicted molar refractivity (Wildman–Crippen MR) is 151 cm³/mol. The molecule has 4 aliphatic rings. The van der Waals surface area contributed by atoms with Crippen molar-refractivity contribution in [2.45, 2.75) is 65.3 Å². The van der Waals surface area contributed by atoms with Gasteiger partial charge in [0.1, 0.15) is 18.0 Å². The Balaban J connectivity index is 1.39. The third kappa shape index (κ3) is 4.39. The summed E-state index contributed by atoms with van der Waals surface area (Å²) in [5, 5.41) is 35.5. The van der Waals surface area contributed by atoms with Crippen molar-refractivity contribution < 1.29 is 34.2 Å². The van der Waals surface area contributed by atoms with Crippen molar-refractivity contribution in [2.75, 3.05) is 13.7 Å². The van der Waals surface area contributed by atoms with Crippen molar-refractivity contribution in [3.8, 4) is 5.75 Å². The molecule has 10 heteroatoms. The van der Waals surface area contributed by atoms with Crippen molar-refractivity contribution in [3.63, 3.8) is 0 Å². The summed E-state index contributed by atoms with van der Waals surface area (Å²) in [7, 11) is 1.40. The molecule has 3 fully saturated rings. The van der Waals surface area contributed by atoms with Gasteiger partial charge in [0.05, 0.1) is 35.3 Å². The summed E-state index contributed by atoms with van der Waals surface area (Å²) in [6.07, 6.45) is 6.10. The van der Waals surface area contributed by atoms with E-state index in [1.165, 1.54) is 19.2 Å². The fourth-order valence-corrected chi connectivity index (χ4v) is 9.30. The molecule has 4 aliphatic carbocycles. The van der Waals surface area contributed by atoms with Crippen molar-refractivity contribution in [3.05, 3.63) is 56.6 Å². The van der Waals surface area contributed by atoms with Crippen LogP contribution in [0.2, 0.25) is 5.02 Å². The number of hydrogen-bond donors (Lipinski definition) is 2. The quantitative estimate of drug-likeness (QED) is 0.341. The number of Topliss-reactive ketones (excluding diaryl/α,β-unsaturated/α-hetero) is 1. The summed E-state index contributed by atoms with van der Waals surface area (Å²) in [6, 6.07) is 2.59. The van der Waals surface area contributed by atoms with Gasteiger partial charge in [0.2, 0.25) is 0 Å². The molecule has 0 radical (unpaired) electrons. The van der Waals surface area contributed by atoms with Crippen LogP contribution in [0.15, 0.2) is 35.9 Å². The number of methoxy groups -OCH3 is 1. The van der Waals surface area contributed by atoms with Gasteiger partial charge in [-0.2, -0.15) is 0 Å². The maximum atomic E-state index is 13.8. The first-order valence-electron chi connectivity index (χ1n) is 14.2. The third-order valence-corrected chi connectivity index (χ3v) is 11.2. The van der Waals surface area contributed by atoms with E-state index in [1.54, 1.807) is 12.2 Å². The van der Waals surface area contributed by atoms with Crippen LogP contribution in [-0.4, -0.2) is 52.1 Å². The SMILES string of the molecule is COc1cc(COCC(=O)[C@@]2(O)C(C)C[C@H]3[C@@H]4CC(C)C5=CC(=O)C=C[C@]5(C)[C@H]4C(O)C[C@@]32C)c([N+](=O)[O-])cc1Cl. The van der Waals surface area contributed by atoms with Crippen LogP contribution >= 0.6 is 11.6 Å². The minimum absolute atomic E-state index is 0.0201. The number of benzene rings is 1. The molecule has 2 N–H and O–H groups in total. The first-order valence-corrected chi connectivity index (χ1v) is 14.5. The summed E-state index contributed by atoms with van der Waals surface area (Å²) < 4.78 is 10.9.